The van der Waals surface area contributed by atoms with Crippen LogP contribution in [0.4, 0.5) is 0 Å². The quantitative estimate of drug-likeness (QED) is 0.225. The van der Waals surface area contributed by atoms with Crippen LogP contribution in [-0.2, 0) is 14.3 Å². The summed E-state index contributed by atoms with van der Waals surface area (Å²) in [4.78, 5) is 22.9. The molecule has 0 radical (unpaired) electrons. The van der Waals surface area contributed by atoms with E-state index in [4.69, 9.17) is 0 Å². The number of esters is 1. The van der Waals surface area contributed by atoms with E-state index in [1.54, 1.807) is 12.2 Å². The van der Waals surface area contributed by atoms with E-state index >= 15 is 0 Å². The van der Waals surface area contributed by atoms with Crippen molar-refractivity contribution in [2.75, 3.05) is 7.11 Å². The van der Waals surface area contributed by atoms with Gasteiger partial charge in [-0.15, -0.1) is 0 Å². The Balaban J connectivity index is 2.44. The minimum atomic E-state index is -0.376. The number of unbranched alkanes of at least 4 members (excludes halogenated alkanes) is 5. The van der Waals surface area contributed by atoms with Crippen molar-refractivity contribution in [3.05, 3.63) is 47.6 Å². The molecule has 0 saturated heterocycles. The van der Waals surface area contributed by atoms with Crippen molar-refractivity contribution >= 4 is 11.8 Å². The van der Waals surface area contributed by atoms with E-state index in [2.05, 4.69) is 11.7 Å². The molecule has 132 valence electrons. The number of Topliss-reactive ketones (excluding diaryl/α,β-unsaturated/α-hetero) is 1. The Morgan fingerprint density at radius 3 is 2.46 bits per heavy atom. The Morgan fingerprint density at radius 1 is 1.00 bits per heavy atom. The molecular formula is C21H30O3. The van der Waals surface area contributed by atoms with Gasteiger partial charge in [0.05, 0.1) is 7.11 Å². The summed E-state index contributed by atoms with van der Waals surface area (Å²) in [5.74, 6) is -0.121. The van der Waals surface area contributed by atoms with E-state index in [0.29, 0.717) is 6.42 Å². The van der Waals surface area contributed by atoms with E-state index in [0.717, 1.165) is 18.4 Å². The zero-order chi connectivity index (χ0) is 17.6. The molecule has 0 fully saturated rings. The van der Waals surface area contributed by atoms with Crippen molar-refractivity contribution in [3.63, 3.8) is 0 Å². The zero-order valence-corrected chi connectivity index (χ0v) is 15.1. The van der Waals surface area contributed by atoms with Gasteiger partial charge < -0.3 is 4.74 Å². The van der Waals surface area contributed by atoms with Crippen LogP contribution >= 0.6 is 0 Å². The van der Waals surface area contributed by atoms with Crippen LogP contribution in [-0.4, -0.2) is 18.9 Å². The smallest absolute Gasteiger partial charge is 0.330 e. The Hall–Kier alpha value is -1.90. The van der Waals surface area contributed by atoms with E-state index in [1.165, 1.54) is 57.3 Å². The Morgan fingerprint density at radius 2 is 1.71 bits per heavy atom. The van der Waals surface area contributed by atoms with Gasteiger partial charge in [0.2, 0.25) is 0 Å². The monoisotopic (exact) mass is 330 g/mol. The van der Waals surface area contributed by atoms with Gasteiger partial charge in [-0.2, -0.15) is 0 Å². The van der Waals surface area contributed by atoms with E-state index < -0.39 is 0 Å². The number of hydrogen-bond donors (Lipinski definition) is 0. The van der Waals surface area contributed by atoms with E-state index in [9.17, 15) is 9.59 Å². The van der Waals surface area contributed by atoms with Crippen LogP contribution in [0.1, 0.15) is 64.7 Å². The number of carbonyl (C=O) groups excluding carboxylic acids is 2. The standard InChI is InChI=1S/C21H30O3/c1-3-4-5-6-7-10-13-18-16-17-20(22)19(18)14-11-8-9-12-15-21(23)24-2/h8-9,11-12,14-15H,3-7,10,13,16-17H2,1-2H3. The van der Waals surface area contributed by atoms with Crippen LogP contribution in [0.15, 0.2) is 47.6 Å². The van der Waals surface area contributed by atoms with Gasteiger partial charge in [0, 0.05) is 18.1 Å². The maximum atomic E-state index is 12.0. The average molecular weight is 330 g/mol. The van der Waals surface area contributed by atoms with Gasteiger partial charge >= 0.3 is 5.97 Å². The van der Waals surface area contributed by atoms with Gasteiger partial charge in [-0.1, -0.05) is 75.0 Å². The highest BCUT2D eigenvalue weighted by Gasteiger charge is 2.19. The highest BCUT2D eigenvalue weighted by molar-refractivity contribution is 6.01. The fourth-order valence-electron chi connectivity index (χ4n) is 2.80. The first-order valence-corrected chi connectivity index (χ1v) is 9.03. The predicted octanol–water partition coefficient (Wildman–Crippen LogP) is 5.24. The Bertz CT molecular complexity index is 521. The average Bonchev–Trinajstić information content (AvgIpc) is 2.94. The van der Waals surface area contributed by atoms with Gasteiger partial charge in [0.15, 0.2) is 5.78 Å². The lowest BCUT2D eigenvalue weighted by Crippen LogP contribution is -1.93. The molecule has 0 saturated carbocycles. The molecule has 0 spiro atoms. The van der Waals surface area contributed by atoms with Gasteiger partial charge in [0.1, 0.15) is 0 Å². The number of ether oxygens (including phenoxy) is 1. The highest BCUT2D eigenvalue weighted by atomic mass is 16.5. The molecule has 0 amide bonds. The normalized spacial score (nSPS) is 15.5. The summed E-state index contributed by atoms with van der Waals surface area (Å²) in [5.41, 5.74) is 2.20. The number of ketones is 1. The molecule has 1 rings (SSSR count). The molecule has 0 bridgehead atoms. The molecule has 0 aromatic heterocycles. The first-order chi connectivity index (χ1) is 11.7. The largest absolute Gasteiger partial charge is 0.466 e. The molecule has 0 aliphatic heterocycles. The topological polar surface area (TPSA) is 43.4 Å². The number of rotatable bonds is 11. The second-order valence-corrected chi connectivity index (χ2v) is 6.08. The summed E-state index contributed by atoms with van der Waals surface area (Å²) in [6.45, 7) is 2.23. The van der Waals surface area contributed by atoms with E-state index in [-0.39, 0.29) is 11.8 Å². The first kappa shape index (κ1) is 20.1. The fourth-order valence-corrected chi connectivity index (χ4v) is 2.80. The number of methoxy groups -OCH3 is 1. The molecule has 0 aromatic carbocycles. The maximum Gasteiger partial charge on any atom is 0.330 e. The van der Waals surface area contributed by atoms with Crippen LogP contribution < -0.4 is 0 Å². The summed E-state index contributed by atoms with van der Waals surface area (Å²) >= 11 is 0. The lowest BCUT2D eigenvalue weighted by atomic mass is 10.0. The second-order valence-electron chi connectivity index (χ2n) is 6.08. The van der Waals surface area contributed by atoms with Crippen molar-refractivity contribution < 1.29 is 14.3 Å². The summed E-state index contributed by atoms with van der Waals surface area (Å²) < 4.78 is 4.50. The molecule has 0 heterocycles. The van der Waals surface area contributed by atoms with Crippen LogP contribution in [0.25, 0.3) is 0 Å². The highest BCUT2D eigenvalue weighted by Crippen LogP contribution is 2.28. The SMILES string of the molecule is CCCCCCCCC1=C(C=CC=CC=CC(=O)OC)C(=O)CC1. The fraction of sp³-hybridized carbons (Fsp3) is 0.524. The lowest BCUT2D eigenvalue weighted by Gasteiger charge is -2.03. The molecule has 1 aliphatic rings. The van der Waals surface area contributed by atoms with Gasteiger partial charge in [-0.25, -0.2) is 4.79 Å². The van der Waals surface area contributed by atoms with Crippen molar-refractivity contribution in [3.8, 4) is 0 Å². The third-order valence-corrected chi connectivity index (χ3v) is 4.20. The third-order valence-electron chi connectivity index (χ3n) is 4.20. The van der Waals surface area contributed by atoms with Crippen LogP contribution in [0.5, 0.6) is 0 Å². The van der Waals surface area contributed by atoms with Crippen LogP contribution in [0.3, 0.4) is 0 Å². The number of carbonyl (C=O) groups is 2. The maximum absolute atomic E-state index is 12.0. The van der Waals surface area contributed by atoms with Gasteiger partial charge in [0.25, 0.3) is 0 Å². The van der Waals surface area contributed by atoms with Crippen LogP contribution in [0.2, 0.25) is 0 Å². The minimum Gasteiger partial charge on any atom is -0.466 e. The molecule has 0 unspecified atom stereocenters. The summed E-state index contributed by atoms with van der Waals surface area (Å²) in [6.07, 6.45) is 20.6. The van der Waals surface area contributed by atoms with Crippen molar-refractivity contribution in [2.24, 2.45) is 0 Å². The van der Waals surface area contributed by atoms with Gasteiger partial charge in [-0.05, 0) is 19.3 Å². The molecule has 1 aliphatic carbocycles. The second kappa shape index (κ2) is 12.5. The molecule has 24 heavy (non-hydrogen) atoms. The minimum absolute atomic E-state index is 0.255. The summed E-state index contributed by atoms with van der Waals surface area (Å²) in [7, 11) is 1.35. The summed E-state index contributed by atoms with van der Waals surface area (Å²) in [5, 5.41) is 0. The molecule has 3 nitrogen and oxygen atoms in total. The zero-order valence-electron chi connectivity index (χ0n) is 15.1. The predicted molar refractivity (Wildman–Crippen MR) is 98.7 cm³/mol. The molecule has 0 atom stereocenters. The van der Waals surface area contributed by atoms with Crippen molar-refractivity contribution in [2.45, 2.75) is 64.7 Å². The Kier molecular flexibility index (Phi) is 10.5. The number of allylic oxidation sites excluding steroid dienone is 7. The first-order valence-electron chi connectivity index (χ1n) is 9.03. The van der Waals surface area contributed by atoms with Crippen molar-refractivity contribution in [1.29, 1.82) is 0 Å². The summed E-state index contributed by atoms with van der Waals surface area (Å²) in [6, 6.07) is 0. The van der Waals surface area contributed by atoms with E-state index in [1.807, 2.05) is 18.2 Å². The third kappa shape index (κ3) is 8.09. The molecular weight excluding hydrogens is 300 g/mol. The lowest BCUT2D eigenvalue weighted by molar-refractivity contribution is -0.134. The van der Waals surface area contributed by atoms with Crippen LogP contribution in [0, 0.1) is 0 Å². The molecule has 3 heteroatoms. The van der Waals surface area contributed by atoms with Gasteiger partial charge in [-0.3, -0.25) is 4.79 Å². The molecule has 0 aromatic rings. The number of hydrogen-bond acceptors (Lipinski definition) is 3. The molecule has 0 N–H and O–H groups in total. The van der Waals surface area contributed by atoms with Crippen molar-refractivity contribution in [1.82, 2.24) is 0 Å². The Labute approximate surface area is 146 Å².